The van der Waals surface area contributed by atoms with E-state index in [0.29, 0.717) is 11.1 Å². The van der Waals surface area contributed by atoms with Crippen LogP contribution in [0.3, 0.4) is 0 Å². The van der Waals surface area contributed by atoms with Crippen molar-refractivity contribution >= 4 is 32.9 Å². The maximum atomic E-state index is 13.8. The Morgan fingerprint density at radius 1 is 0.744 bits per heavy atom. The Labute approximate surface area is 228 Å². The molecule has 1 atom stereocenters. The normalized spacial score (nSPS) is 18.3. The van der Waals surface area contributed by atoms with Gasteiger partial charge < -0.3 is 4.74 Å². The second-order valence-electron chi connectivity index (χ2n) is 9.31. The topological polar surface area (TPSA) is 72.8 Å². The number of allylic oxidation sites excluding steroid dienone is 2. The molecule has 194 valence electrons. The molecule has 4 aromatic rings. The summed E-state index contributed by atoms with van der Waals surface area (Å²) in [6.07, 6.45) is 3.69. The summed E-state index contributed by atoms with van der Waals surface area (Å²) in [6.45, 7) is 3.20. The number of aryl methyl sites for hydroxylation is 1. The molecule has 0 bridgehead atoms. The number of esters is 1. The fourth-order valence-corrected chi connectivity index (χ4v) is 5.72. The van der Waals surface area contributed by atoms with Crippen LogP contribution in [0.4, 0.5) is 0 Å². The Hall–Kier alpha value is -4.55. The smallest absolute Gasteiger partial charge is 0.304 e. The summed E-state index contributed by atoms with van der Waals surface area (Å²) < 4.78 is 38.1. The van der Waals surface area contributed by atoms with Crippen molar-refractivity contribution in [3.05, 3.63) is 150 Å². The van der Waals surface area contributed by atoms with Gasteiger partial charge in [-0.05, 0) is 47.9 Å². The van der Waals surface area contributed by atoms with Crippen molar-refractivity contribution in [2.45, 2.75) is 24.3 Å². The molecule has 0 N–H and O–H groups in total. The van der Waals surface area contributed by atoms with Crippen LogP contribution in [-0.2, 0) is 25.2 Å². The van der Waals surface area contributed by atoms with E-state index in [1.54, 1.807) is 18.2 Å². The van der Waals surface area contributed by atoms with Gasteiger partial charge >= 0.3 is 5.97 Å². The van der Waals surface area contributed by atoms with Gasteiger partial charge in [-0.15, -0.1) is 0 Å². The number of rotatable bonds is 6. The monoisotopic (exact) mass is 533 g/mol. The van der Waals surface area contributed by atoms with Gasteiger partial charge in [0, 0.05) is 18.1 Å². The van der Waals surface area contributed by atoms with E-state index in [1.807, 2.05) is 104 Å². The maximum absolute atomic E-state index is 13.8. The van der Waals surface area contributed by atoms with E-state index in [0.717, 1.165) is 22.3 Å². The molecular formula is C33H27NO4S. The summed E-state index contributed by atoms with van der Waals surface area (Å²) >= 11 is 0. The van der Waals surface area contributed by atoms with E-state index in [1.165, 1.54) is 19.1 Å². The third-order valence-corrected chi connectivity index (χ3v) is 7.79. The van der Waals surface area contributed by atoms with E-state index in [9.17, 15) is 13.2 Å². The van der Waals surface area contributed by atoms with Crippen LogP contribution in [-0.4, -0.2) is 20.1 Å². The standard InChI is InChI=1S/C33H27NO4S/c1-24-18-20-30(21-19-24)39(36,37)34-32-31(27-14-8-4-9-15-27)22-28(26-12-6-3-7-13-26)23-33(32,38-25(2)35)29-16-10-5-11-17-29/h3-23H,1-2H3/b34-32+. The van der Waals surface area contributed by atoms with Crippen LogP contribution in [0.1, 0.15) is 29.2 Å². The number of hydrogen-bond donors (Lipinski definition) is 0. The van der Waals surface area contributed by atoms with E-state index in [-0.39, 0.29) is 10.6 Å². The number of sulfonamides is 1. The first-order chi connectivity index (χ1) is 18.8. The molecule has 1 unspecified atom stereocenters. The molecule has 4 aromatic carbocycles. The van der Waals surface area contributed by atoms with Gasteiger partial charge in [-0.3, -0.25) is 4.79 Å². The number of benzene rings is 4. The quantitative estimate of drug-likeness (QED) is 0.257. The van der Waals surface area contributed by atoms with Crippen LogP contribution in [0, 0.1) is 6.92 Å². The average molecular weight is 534 g/mol. The van der Waals surface area contributed by atoms with Gasteiger partial charge in [-0.1, -0.05) is 109 Å². The summed E-state index contributed by atoms with van der Waals surface area (Å²) in [7, 11) is -4.19. The molecular weight excluding hydrogens is 506 g/mol. The van der Waals surface area contributed by atoms with Crippen molar-refractivity contribution in [2.24, 2.45) is 4.40 Å². The second kappa shape index (κ2) is 10.7. The number of ether oxygens (including phenoxy) is 1. The lowest BCUT2D eigenvalue weighted by molar-refractivity contribution is -0.148. The molecule has 0 saturated heterocycles. The van der Waals surface area contributed by atoms with Crippen LogP contribution < -0.4 is 0 Å². The Kier molecular flexibility index (Phi) is 7.13. The van der Waals surface area contributed by atoms with E-state index >= 15 is 0 Å². The number of nitrogens with zero attached hydrogens (tertiary/aromatic N) is 1. The highest BCUT2D eigenvalue weighted by Crippen LogP contribution is 2.43. The maximum Gasteiger partial charge on any atom is 0.304 e. The molecule has 0 radical (unpaired) electrons. The average Bonchev–Trinajstić information content (AvgIpc) is 2.95. The van der Waals surface area contributed by atoms with Gasteiger partial charge in [0.05, 0.1) is 4.90 Å². The molecule has 0 heterocycles. The molecule has 0 amide bonds. The van der Waals surface area contributed by atoms with Gasteiger partial charge in [0.15, 0.2) is 5.60 Å². The van der Waals surface area contributed by atoms with Crippen LogP contribution >= 0.6 is 0 Å². The van der Waals surface area contributed by atoms with E-state index in [4.69, 9.17) is 4.74 Å². The molecule has 0 saturated carbocycles. The Balaban J connectivity index is 1.87. The molecule has 6 heteroatoms. The Bertz CT molecular complexity index is 1690. The SMILES string of the molecule is CC(=O)OC1(c2ccccc2)C=C(c2ccccc2)C=C(c2ccccc2)/C1=N\S(=O)(=O)c1ccc(C)cc1. The van der Waals surface area contributed by atoms with E-state index in [2.05, 4.69) is 4.40 Å². The number of carbonyl (C=O) groups is 1. The van der Waals surface area contributed by atoms with Gasteiger partial charge in [0.1, 0.15) is 5.71 Å². The molecule has 0 fully saturated rings. The van der Waals surface area contributed by atoms with Gasteiger partial charge in [-0.2, -0.15) is 12.8 Å². The largest absolute Gasteiger partial charge is 0.443 e. The highest BCUT2D eigenvalue weighted by molar-refractivity contribution is 7.90. The van der Waals surface area contributed by atoms with Gasteiger partial charge in [0.25, 0.3) is 10.0 Å². The predicted octanol–water partition coefficient (Wildman–Crippen LogP) is 6.76. The molecule has 0 aromatic heterocycles. The summed E-state index contributed by atoms with van der Waals surface area (Å²) in [5.41, 5.74) is 2.93. The molecule has 39 heavy (non-hydrogen) atoms. The Morgan fingerprint density at radius 2 is 1.28 bits per heavy atom. The molecule has 0 spiro atoms. The van der Waals surface area contributed by atoms with Crippen molar-refractivity contribution in [3.8, 4) is 0 Å². The lowest BCUT2D eigenvalue weighted by atomic mass is 9.76. The highest BCUT2D eigenvalue weighted by Gasteiger charge is 2.45. The summed E-state index contributed by atoms with van der Waals surface area (Å²) in [4.78, 5) is 12.8. The van der Waals surface area contributed by atoms with Crippen LogP contribution in [0.5, 0.6) is 0 Å². The number of hydrogen-bond acceptors (Lipinski definition) is 4. The van der Waals surface area contributed by atoms with Gasteiger partial charge in [0.2, 0.25) is 0 Å². The first-order valence-electron chi connectivity index (χ1n) is 12.5. The summed E-state index contributed by atoms with van der Waals surface area (Å²) in [5.74, 6) is -0.572. The van der Waals surface area contributed by atoms with Crippen molar-refractivity contribution in [3.63, 3.8) is 0 Å². The zero-order valence-corrected chi connectivity index (χ0v) is 22.4. The van der Waals surface area contributed by atoms with Crippen molar-refractivity contribution in [1.82, 2.24) is 0 Å². The molecule has 5 nitrogen and oxygen atoms in total. The summed E-state index contributed by atoms with van der Waals surface area (Å²) in [6, 6.07) is 34.7. The summed E-state index contributed by atoms with van der Waals surface area (Å²) in [5, 5.41) is 0. The zero-order chi connectivity index (χ0) is 27.5. The zero-order valence-electron chi connectivity index (χ0n) is 21.6. The minimum atomic E-state index is -4.19. The first-order valence-corrected chi connectivity index (χ1v) is 14.0. The molecule has 0 aliphatic heterocycles. The first kappa shape index (κ1) is 26.1. The second-order valence-corrected chi connectivity index (χ2v) is 10.9. The van der Waals surface area contributed by atoms with Crippen molar-refractivity contribution < 1.29 is 17.9 Å². The fourth-order valence-electron chi connectivity index (χ4n) is 4.66. The van der Waals surface area contributed by atoms with Crippen LogP contribution in [0.15, 0.2) is 137 Å². The highest BCUT2D eigenvalue weighted by atomic mass is 32.2. The van der Waals surface area contributed by atoms with Crippen molar-refractivity contribution in [2.75, 3.05) is 0 Å². The predicted molar refractivity (Wildman–Crippen MR) is 155 cm³/mol. The Morgan fingerprint density at radius 3 is 1.85 bits per heavy atom. The molecule has 1 aliphatic rings. The van der Waals surface area contributed by atoms with Crippen molar-refractivity contribution in [1.29, 1.82) is 0 Å². The van der Waals surface area contributed by atoms with E-state index < -0.39 is 21.6 Å². The third-order valence-electron chi connectivity index (χ3n) is 6.50. The molecule has 5 rings (SSSR count). The molecule has 1 aliphatic carbocycles. The van der Waals surface area contributed by atoms with Crippen LogP contribution in [0.25, 0.3) is 11.1 Å². The minimum absolute atomic E-state index is 0.0515. The lowest BCUT2D eigenvalue weighted by Crippen LogP contribution is -2.41. The minimum Gasteiger partial charge on any atom is -0.443 e. The lowest BCUT2D eigenvalue weighted by Gasteiger charge is -2.36. The fraction of sp³-hybridized carbons (Fsp3) is 0.0909. The number of carbonyl (C=O) groups excluding carboxylic acids is 1. The third kappa shape index (κ3) is 5.38. The van der Waals surface area contributed by atoms with Crippen LogP contribution in [0.2, 0.25) is 0 Å². The van der Waals surface area contributed by atoms with Gasteiger partial charge in [-0.25, -0.2) is 0 Å².